The van der Waals surface area contributed by atoms with Crippen LogP contribution >= 0.6 is 11.6 Å². The van der Waals surface area contributed by atoms with Gasteiger partial charge >= 0.3 is 0 Å². The molecule has 0 aliphatic carbocycles. The molecule has 1 aliphatic rings. The van der Waals surface area contributed by atoms with E-state index < -0.39 is 0 Å². The Morgan fingerprint density at radius 2 is 1.76 bits per heavy atom. The zero-order valence-electron chi connectivity index (χ0n) is 14.4. The summed E-state index contributed by atoms with van der Waals surface area (Å²) in [6.07, 6.45) is 3.49. The molecule has 0 saturated carbocycles. The van der Waals surface area contributed by atoms with Crippen molar-refractivity contribution < 1.29 is 9.69 Å². The molecule has 7 heteroatoms. The van der Waals surface area contributed by atoms with Crippen molar-refractivity contribution in [3.8, 4) is 0 Å². The Hall–Kier alpha value is -2.18. The maximum atomic E-state index is 12.5. The topological polar surface area (TPSA) is 53.8 Å². The Morgan fingerprint density at radius 1 is 1.12 bits per heavy atom. The first-order valence-corrected chi connectivity index (χ1v) is 8.85. The molecule has 0 spiro atoms. The van der Waals surface area contributed by atoms with Gasteiger partial charge in [-0.1, -0.05) is 23.7 Å². The van der Waals surface area contributed by atoms with Crippen LogP contribution in [0.25, 0.3) is 0 Å². The highest BCUT2D eigenvalue weighted by atomic mass is 35.5. The summed E-state index contributed by atoms with van der Waals surface area (Å²) in [5, 5.41) is 0.734. The van der Waals surface area contributed by atoms with Gasteiger partial charge in [-0.25, -0.2) is 9.97 Å². The zero-order valence-corrected chi connectivity index (χ0v) is 15.1. The van der Waals surface area contributed by atoms with Gasteiger partial charge in [-0.2, -0.15) is 0 Å². The number of halogens is 1. The Kier molecular flexibility index (Phi) is 5.83. The van der Waals surface area contributed by atoms with Crippen molar-refractivity contribution in [2.75, 3.05) is 44.7 Å². The second-order valence-electron chi connectivity index (χ2n) is 6.35. The maximum Gasteiger partial charge on any atom is 0.277 e. The Bertz CT molecular complexity index is 686. The number of carbonyl (C=O) groups is 1. The summed E-state index contributed by atoms with van der Waals surface area (Å²) in [7, 11) is 2.04. The van der Waals surface area contributed by atoms with Gasteiger partial charge in [0.05, 0.1) is 7.05 Å². The second kappa shape index (κ2) is 8.27. The quantitative estimate of drug-likeness (QED) is 0.843. The van der Waals surface area contributed by atoms with Crippen LogP contribution in [0, 0.1) is 0 Å². The van der Waals surface area contributed by atoms with Crippen molar-refractivity contribution >= 4 is 23.5 Å². The average molecular weight is 361 g/mol. The SMILES string of the molecule is C[NH+](CC(=O)N1CCN(c2ncccn2)CC1)Cc1ccc(Cl)cc1. The number of piperazine rings is 1. The first kappa shape index (κ1) is 17.6. The van der Waals surface area contributed by atoms with Gasteiger partial charge < -0.3 is 14.7 Å². The lowest BCUT2D eigenvalue weighted by Crippen LogP contribution is -3.09. The lowest BCUT2D eigenvalue weighted by Gasteiger charge is -2.34. The van der Waals surface area contributed by atoms with E-state index in [4.69, 9.17) is 11.6 Å². The van der Waals surface area contributed by atoms with E-state index in [9.17, 15) is 4.79 Å². The predicted molar refractivity (Wildman–Crippen MR) is 97.7 cm³/mol. The molecule has 1 unspecified atom stereocenters. The minimum absolute atomic E-state index is 0.195. The van der Waals surface area contributed by atoms with Crippen molar-refractivity contribution in [1.29, 1.82) is 0 Å². The van der Waals surface area contributed by atoms with E-state index in [0.29, 0.717) is 19.6 Å². The lowest BCUT2D eigenvalue weighted by molar-refractivity contribution is -0.885. The average Bonchev–Trinajstić information content (AvgIpc) is 2.64. The number of carbonyl (C=O) groups excluding carboxylic acids is 1. The summed E-state index contributed by atoms with van der Waals surface area (Å²) in [5.74, 6) is 0.931. The number of amides is 1. The molecular formula is C18H23ClN5O+. The van der Waals surface area contributed by atoms with Crippen LogP contribution in [0.4, 0.5) is 5.95 Å². The number of nitrogens with zero attached hydrogens (tertiary/aromatic N) is 4. The standard InChI is InChI=1S/C18H22ClN5O/c1-22(13-15-3-5-16(19)6-4-15)14-17(25)23-9-11-24(12-10-23)18-20-7-2-8-21-18/h2-8H,9-14H2,1H3/p+1. The number of benzene rings is 1. The first-order valence-electron chi connectivity index (χ1n) is 8.47. The largest absolute Gasteiger partial charge is 0.337 e. The molecule has 1 saturated heterocycles. The van der Waals surface area contributed by atoms with Gasteiger partial charge in [-0.05, 0) is 18.2 Å². The molecule has 1 fully saturated rings. The summed E-state index contributed by atoms with van der Waals surface area (Å²) in [4.78, 5) is 26.3. The minimum atomic E-state index is 0.195. The van der Waals surface area contributed by atoms with Crippen molar-refractivity contribution in [3.05, 3.63) is 53.3 Å². The monoisotopic (exact) mass is 360 g/mol. The first-order chi connectivity index (χ1) is 12.1. The molecule has 6 nitrogen and oxygen atoms in total. The van der Waals surface area contributed by atoms with Gasteiger partial charge in [-0.15, -0.1) is 0 Å². The van der Waals surface area contributed by atoms with Gasteiger partial charge in [0.1, 0.15) is 6.54 Å². The molecule has 0 bridgehead atoms. The third kappa shape index (κ3) is 4.90. The van der Waals surface area contributed by atoms with Gasteiger partial charge in [0.25, 0.3) is 5.91 Å². The van der Waals surface area contributed by atoms with Gasteiger partial charge in [-0.3, -0.25) is 4.79 Å². The molecule has 1 aliphatic heterocycles. The molecule has 25 heavy (non-hydrogen) atoms. The van der Waals surface area contributed by atoms with E-state index in [-0.39, 0.29) is 5.91 Å². The summed E-state index contributed by atoms with van der Waals surface area (Å²) < 4.78 is 0. The molecule has 2 heterocycles. The minimum Gasteiger partial charge on any atom is -0.337 e. The van der Waals surface area contributed by atoms with Crippen molar-refractivity contribution in [3.63, 3.8) is 0 Å². The smallest absolute Gasteiger partial charge is 0.277 e. The van der Waals surface area contributed by atoms with Crippen LogP contribution in [-0.2, 0) is 11.3 Å². The maximum absolute atomic E-state index is 12.5. The fourth-order valence-electron chi connectivity index (χ4n) is 2.99. The number of likely N-dealkylation sites (N-methyl/N-ethyl adjacent to an activating group) is 1. The van der Waals surface area contributed by atoms with Gasteiger partial charge in [0.2, 0.25) is 5.95 Å². The number of hydrogen-bond donors (Lipinski definition) is 1. The normalized spacial score (nSPS) is 15.9. The molecular weight excluding hydrogens is 338 g/mol. The Balaban J connectivity index is 1.46. The molecule has 1 aromatic heterocycles. The number of quaternary nitrogens is 1. The fraction of sp³-hybridized carbons (Fsp3) is 0.389. The van der Waals surface area contributed by atoms with Crippen LogP contribution in [0.3, 0.4) is 0 Å². The zero-order chi connectivity index (χ0) is 17.6. The van der Waals surface area contributed by atoms with Crippen molar-refractivity contribution in [1.82, 2.24) is 14.9 Å². The molecule has 0 radical (unpaired) electrons. The van der Waals surface area contributed by atoms with E-state index in [2.05, 4.69) is 14.9 Å². The molecule has 1 amide bonds. The number of nitrogens with one attached hydrogen (secondary N) is 1. The van der Waals surface area contributed by atoms with Crippen LogP contribution in [0.2, 0.25) is 5.02 Å². The van der Waals surface area contributed by atoms with Gasteiger partial charge in [0, 0.05) is 49.2 Å². The van der Waals surface area contributed by atoms with E-state index in [1.54, 1.807) is 12.4 Å². The molecule has 1 aromatic carbocycles. The van der Waals surface area contributed by atoms with E-state index in [0.717, 1.165) is 30.6 Å². The molecule has 1 N–H and O–H groups in total. The highest BCUT2D eigenvalue weighted by molar-refractivity contribution is 6.30. The number of aromatic nitrogens is 2. The summed E-state index contributed by atoms with van der Waals surface area (Å²) in [6.45, 7) is 4.26. The fourth-order valence-corrected chi connectivity index (χ4v) is 3.12. The van der Waals surface area contributed by atoms with Crippen LogP contribution in [-0.4, -0.2) is 60.5 Å². The summed E-state index contributed by atoms with van der Waals surface area (Å²) >= 11 is 5.91. The third-order valence-corrected chi connectivity index (χ3v) is 4.59. The highest BCUT2D eigenvalue weighted by Gasteiger charge is 2.24. The Labute approximate surface area is 153 Å². The van der Waals surface area contributed by atoms with E-state index in [1.807, 2.05) is 42.3 Å². The molecule has 3 rings (SSSR count). The second-order valence-corrected chi connectivity index (χ2v) is 6.79. The van der Waals surface area contributed by atoms with Crippen molar-refractivity contribution in [2.45, 2.75) is 6.54 Å². The van der Waals surface area contributed by atoms with Crippen LogP contribution in [0.5, 0.6) is 0 Å². The summed E-state index contributed by atoms with van der Waals surface area (Å²) in [6, 6.07) is 9.60. The molecule has 2 aromatic rings. The predicted octanol–water partition coefficient (Wildman–Crippen LogP) is 0.494. The number of anilines is 1. The van der Waals surface area contributed by atoms with Gasteiger partial charge in [0.15, 0.2) is 6.54 Å². The third-order valence-electron chi connectivity index (χ3n) is 4.34. The number of rotatable bonds is 5. The number of hydrogen-bond acceptors (Lipinski definition) is 4. The van der Waals surface area contributed by atoms with E-state index >= 15 is 0 Å². The van der Waals surface area contributed by atoms with Crippen LogP contribution in [0.15, 0.2) is 42.7 Å². The highest BCUT2D eigenvalue weighted by Crippen LogP contribution is 2.10. The lowest BCUT2D eigenvalue weighted by atomic mass is 10.2. The summed E-state index contributed by atoms with van der Waals surface area (Å²) in [5.41, 5.74) is 1.18. The van der Waals surface area contributed by atoms with Crippen LogP contribution < -0.4 is 9.80 Å². The van der Waals surface area contributed by atoms with E-state index in [1.165, 1.54) is 10.5 Å². The Morgan fingerprint density at radius 3 is 2.40 bits per heavy atom. The molecule has 1 atom stereocenters. The van der Waals surface area contributed by atoms with Crippen molar-refractivity contribution in [2.24, 2.45) is 0 Å². The molecule has 132 valence electrons. The van der Waals surface area contributed by atoms with Crippen LogP contribution in [0.1, 0.15) is 5.56 Å².